The molecule has 0 radical (unpaired) electrons. The van der Waals surface area contributed by atoms with Crippen molar-refractivity contribution in [3.63, 3.8) is 0 Å². The van der Waals surface area contributed by atoms with Gasteiger partial charge in [0.2, 0.25) is 0 Å². The number of carboxylic acid groups (broad SMARTS) is 1. The van der Waals surface area contributed by atoms with E-state index in [0.717, 1.165) is 37.0 Å². The average molecular weight is 308 g/mol. The van der Waals surface area contributed by atoms with Crippen molar-refractivity contribution in [2.75, 3.05) is 26.7 Å². The Morgan fingerprint density at radius 3 is 2.90 bits per heavy atom. The number of carbonyl (C=O) groups excluding carboxylic acids is 1. The van der Waals surface area contributed by atoms with E-state index in [0.29, 0.717) is 11.6 Å². The molecular weight excluding hydrogens is 288 g/mol. The second-order valence-corrected chi connectivity index (χ2v) is 6.15. The smallest absolute Gasteiger partial charge is 0.328 e. The molecule has 1 unspecified atom stereocenters. The van der Waals surface area contributed by atoms with Crippen LogP contribution in [0.1, 0.15) is 28.6 Å². The fraction of sp³-hybridized carbons (Fsp3) is 0.467. The number of piperazine rings is 1. The van der Waals surface area contributed by atoms with Crippen LogP contribution in [0.15, 0.2) is 17.5 Å². The average Bonchev–Trinajstić information content (AvgIpc) is 2.93. The van der Waals surface area contributed by atoms with Crippen molar-refractivity contribution in [3.8, 4) is 0 Å². The van der Waals surface area contributed by atoms with Crippen LogP contribution >= 0.6 is 11.3 Å². The second-order valence-electron chi connectivity index (χ2n) is 5.20. The first-order valence-electron chi connectivity index (χ1n) is 7.00. The normalized spacial score (nSPS) is 20.1. The van der Waals surface area contributed by atoms with Crippen LogP contribution in [-0.2, 0) is 4.79 Å². The lowest BCUT2D eigenvalue weighted by atomic mass is 10.1. The molecule has 1 atom stereocenters. The number of hydrogen-bond acceptors (Lipinski definition) is 4. The van der Waals surface area contributed by atoms with Crippen molar-refractivity contribution < 1.29 is 14.7 Å². The monoisotopic (exact) mass is 308 g/mol. The summed E-state index contributed by atoms with van der Waals surface area (Å²) in [7, 11) is 2.09. The molecule has 0 aromatic carbocycles. The SMILES string of the molecule is CCC1CN(C(=O)c2csc(C=CC(=O)O)c2)CCN1C. The molecule has 21 heavy (non-hydrogen) atoms. The van der Waals surface area contributed by atoms with Gasteiger partial charge in [0, 0.05) is 42.0 Å². The minimum atomic E-state index is -0.985. The van der Waals surface area contributed by atoms with Crippen LogP contribution in [-0.4, -0.2) is 59.5 Å². The Hall–Kier alpha value is -1.66. The van der Waals surface area contributed by atoms with E-state index in [2.05, 4.69) is 18.9 Å². The Morgan fingerprint density at radius 2 is 2.24 bits per heavy atom. The molecule has 1 saturated heterocycles. The van der Waals surface area contributed by atoms with Gasteiger partial charge in [-0.1, -0.05) is 6.92 Å². The molecule has 1 aromatic heterocycles. The summed E-state index contributed by atoms with van der Waals surface area (Å²) in [5.74, 6) is -0.950. The molecule has 0 bridgehead atoms. The van der Waals surface area contributed by atoms with Crippen molar-refractivity contribution in [2.24, 2.45) is 0 Å². The molecule has 2 rings (SSSR count). The van der Waals surface area contributed by atoms with Gasteiger partial charge >= 0.3 is 5.97 Å². The maximum Gasteiger partial charge on any atom is 0.328 e. The van der Waals surface area contributed by atoms with Gasteiger partial charge in [0.1, 0.15) is 0 Å². The van der Waals surface area contributed by atoms with Gasteiger partial charge in [-0.3, -0.25) is 9.69 Å². The maximum absolute atomic E-state index is 12.5. The van der Waals surface area contributed by atoms with Crippen LogP contribution in [0.25, 0.3) is 6.08 Å². The Morgan fingerprint density at radius 1 is 1.48 bits per heavy atom. The lowest BCUT2D eigenvalue weighted by molar-refractivity contribution is -0.131. The van der Waals surface area contributed by atoms with Gasteiger partial charge < -0.3 is 10.0 Å². The van der Waals surface area contributed by atoms with Crippen LogP contribution < -0.4 is 0 Å². The standard InChI is InChI=1S/C15H20N2O3S/c1-3-12-9-17(7-6-16(12)2)15(20)11-8-13(21-10-11)4-5-14(18)19/h4-5,8,10,12H,3,6-7,9H2,1-2H3,(H,18,19). The first-order valence-corrected chi connectivity index (χ1v) is 7.88. The molecule has 0 spiro atoms. The minimum absolute atomic E-state index is 0.0350. The van der Waals surface area contributed by atoms with E-state index in [1.165, 1.54) is 17.4 Å². The highest BCUT2D eigenvalue weighted by atomic mass is 32.1. The van der Waals surface area contributed by atoms with Crippen LogP contribution in [0.4, 0.5) is 0 Å². The largest absolute Gasteiger partial charge is 0.478 e. The molecule has 5 nitrogen and oxygen atoms in total. The van der Waals surface area contributed by atoms with Gasteiger partial charge in [-0.05, 0) is 25.6 Å². The van der Waals surface area contributed by atoms with Crippen molar-refractivity contribution >= 4 is 29.3 Å². The molecule has 1 aliphatic heterocycles. The summed E-state index contributed by atoms with van der Waals surface area (Å²) in [4.78, 5) is 28.0. The molecule has 1 aromatic rings. The van der Waals surface area contributed by atoms with Crippen molar-refractivity contribution in [2.45, 2.75) is 19.4 Å². The maximum atomic E-state index is 12.5. The van der Waals surface area contributed by atoms with Gasteiger partial charge in [0.25, 0.3) is 5.91 Å². The number of carboxylic acids is 1. The molecule has 1 amide bonds. The van der Waals surface area contributed by atoms with Crippen molar-refractivity contribution in [1.29, 1.82) is 0 Å². The molecule has 1 fully saturated rings. The van der Waals surface area contributed by atoms with E-state index < -0.39 is 5.97 Å². The number of rotatable bonds is 4. The van der Waals surface area contributed by atoms with Crippen LogP contribution in [0.2, 0.25) is 0 Å². The highest BCUT2D eigenvalue weighted by molar-refractivity contribution is 7.11. The lowest BCUT2D eigenvalue weighted by Crippen LogP contribution is -2.52. The molecule has 0 aliphatic carbocycles. The first-order chi connectivity index (χ1) is 10.0. The van der Waals surface area contributed by atoms with Crippen molar-refractivity contribution in [1.82, 2.24) is 9.80 Å². The molecule has 1 aliphatic rings. The highest BCUT2D eigenvalue weighted by Gasteiger charge is 2.27. The number of thiophene rings is 1. The second kappa shape index (κ2) is 6.87. The Labute approximate surface area is 128 Å². The summed E-state index contributed by atoms with van der Waals surface area (Å²) in [6, 6.07) is 2.17. The van der Waals surface area contributed by atoms with Crippen LogP contribution in [0.3, 0.4) is 0 Å². The van der Waals surface area contributed by atoms with Gasteiger partial charge in [0.05, 0.1) is 5.56 Å². The van der Waals surface area contributed by atoms with E-state index >= 15 is 0 Å². The van der Waals surface area contributed by atoms with Crippen LogP contribution in [0.5, 0.6) is 0 Å². The Bertz CT molecular complexity index is 553. The van der Waals surface area contributed by atoms with E-state index in [9.17, 15) is 9.59 Å². The lowest BCUT2D eigenvalue weighted by Gasteiger charge is -2.39. The van der Waals surface area contributed by atoms with Crippen LogP contribution in [0, 0.1) is 0 Å². The van der Waals surface area contributed by atoms with Crippen molar-refractivity contribution in [3.05, 3.63) is 28.0 Å². The van der Waals surface area contributed by atoms with Gasteiger partial charge in [-0.15, -0.1) is 11.3 Å². The number of hydrogen-bond donors (Lipinski definition) is 1. The predicted octanol–water partition coefficient (Wildman–Crippen LogP) is 2.01. The van der Waals surface area contributed by atoms with E-state index in [4.69, 9.17) is 5.11 Å². The zero-order valence-electron chi connectivity index (χ0n) is 12.3. The highest BCUT2D eigenvalue weighted by Crippen LogP contribution is 2.20. The molecule has 0 saturated carbocycles. The summed E-state index contributed by atoms with van der Waals surface area (Å²) >= 11 is 1.38. The fourth-order valence-electron chi connectivity index (χ4n) is 2.46. The van der Waals surface area contributed by atoms with E-state index in [-0.39, 0.29) is 5.91 Å². The number of nitrogens with zero attached hydrogens (tertiary/aromatic N) is 2. The van der Waals surface area contributed by atoms with Gasteiger partial charge in [0.15, 0.2) is 0 Å². The van der Waals surface area contributed by atoms with E-state index in [1.807, 2.05) is 4.90 Å². The number of aliphatic carboxylic acids is 1. The van der Waals surface area contributed by atoms with Gasteiger partial charge in [-0.2, -0.15) is 0 Å². The summed E-state index contributed by atoms with van der Waals surface area (Å²) in [5, 5.41) is 10.4. The molecular formula is C15H20N2O3S. The number of amides is 1. The number of carbonyl (C=O) groups is 2. The molecule has 114 valence electrons. The molecule has 1 N–H and O–H groups in total. The fourth-order valence-corrected chi connectivity index (χ4v) is 3.23. The third-order valence-electron chi connectivity index (χ3n) is 3.79. The summed E-state index contributed by atoms with van der Waals surface area (Å²) in [6.07, 6.45) is 3.63. The van der Waals surface area contributed by atoms with Gasteiger partial charge in [-0.25, -0.2) is 4.79 Å². The third kappa shape index (κ3) is 3.92. The quantitative estimate of drug-likeness (QED) is 0.864. The zero-order valence-corrected chi connectivity index (χ0v) is 13.1. The number of likely N-dealkylation sites (N-methyl/N-ethyl adjacent to an activating group) is 1. The zero-order chi connectivity index (χ0) is 15.4. The third-order valence-corrected chi connectivity index (χ3v) is 4.69. The summed E-state index contributed by atoms with van der Waals surface area (Å²) in [5.41, 5.74) is 0.643. The molecule has 6 heteroatoms. The summed E-state index contributed by atoms with van der Waals surface area (Å²) < 4.78 is 0. The first kappa shape index (κ1) is 15.7. The Balaban J connectivity index is 2.05. The van der Waals surface area contributed by atoms with E-state index in [1.54, 1.807) is 11.4 Å². The predicted molar refractivity (Wildman–Crippen MR) is 83.6 cm³/mol. The summed E-state index contributed by atoms with van der Waals surface area (Å²) in [6.45, 7) is 4.51. The Kier molecular flexibility index (Phi) is 5.14. The topological polar surface area (TPSA) is 60.9 Å². The molecule has 2 heterocycles. The minimum Gasteiger partial charge on any atom is -0.478 e.